The smallest absolute Gasteiger partial charge is 0.305 e. The summed E-state index contributed by atoms with van der Waals surface area (Å²) in [6.07, 6.45) is 0.0514. The van der Waals surface area contributed by atoms with Gasteiger partial charge in [0.15, 0.2) is 4.21 Å². The molecule has 7 nitrogen and oxygen atoms in total. The zero-order chi connectivity index (χ0) is 14.6. The van der Waals surface area contributed by atoms with Crippen molar-refractivity contribution >= 4 is 27.3 Å². The first-order chi connectivity index (χ1) is 8.72. The van der Waals surface area contributed by atoms with Gasteiger partial charge in [-0.25, -0.2) is 13.1 Å². The molecule has 0 radical (unpaired) electrons. The van der Waals surface area contributed by atoms with Crippen molar-refractivity contribution in [1.29, 1.82) is 0 Å². The molecule has 0 fully saturated rings. The molecule has 0 unspecified atom stereocenters. The standard InChI is InChI=1S/C10H17N3O4S2/c1-6(2)12-8(14)4-5-11-19(16,17)9-7(3)13-10(15)18-9/h6,11H,4-5H2,1-3H3,(H,12,14)(H,13,15). The summed E-state index contributed by atoms with van der Waals surface area (Å²) in [5, 5.41) is 2.66. The Morgan fingerprint density at radius 2 is 2.05 bits per heavy atom. The van der Waals surface area contributed by atoms with E-state index in [1.54, 1.807) is 0 Å². The van der Waals surface area contributed by atoms with Gasteiger partial charge in [-0.05, 0) is 20.8 Å². The van der Waals surface area contributed by atoms with Gasteiger partial charge in [0.05, 0.1) is 0 Å². The van der Waals surface area contributed by atoms with Gasteiger partial charge in [-0.3, -0.25) is 9.59 Å². The van der Waals surface area contributed by atoms with E-state index in [1.807, 2.05) is 13.8 Å². The first-order valence-electron chi connectivity index (χ1n) is 5.71. The van der Waals surface area contributed by atoms with Crippen LogP contribution in [0.1, 0.15) is 26.0 Å². The third-order valence-electron chi connectivity index (χ3n) is 2.12. The molecular weight excluding hydrogens is 290 g/mol. The lowest BCUT2D eigenvalue weighted by Crippen LogP contribution is -2.34. The van der Waals surface area contributed by atoms with E-state index in [0.29, 0.717) is 17.0 Å². The Bertz CT molecular complexity index is 601. The van der Waals surface area contributed by atoms with E-state index < -0.39 is 14.9 Å². The Morgan fingerprint density at radius 1 is 1.42 bits per heavy atom. The number of rotatable bonds is 6. The van der Waals surface area contributed by atoms with Crippen molar-refractivity contribution in [3.05, 3.63) is 15.4 Å². The molecule has 1 aromatic rings. The molecule has 0 atom stereocenters. The Kier molecular flexibility index (Phi) is 5.27. The molecule has 19 heavy (non-hydrogen) atoms. The van der Waals surface area contributed by atoms with Crippen LogP contribution in [0.5, 0.6) is 0 Å². The van der Waals surface area contributed by atoms with Crippen LogP contribution in [0.25, 0.3) is 0 Å². The van der Waals surface area contributed by atoms with Crippen LogP contribution in [-0.2, 0) is 14.8 Å². The first-order valence-corrected chi connectivity index (χ1v) is 8.01. The Labute approximate surface area is 115 Å². The highest BCUT2D eigenvalue weighted by Gasteiger charge is 2.20. The van der Waals surface area contributed by atoms with Gasteiger partial charge in [-0.15, -0.1) is 0 Å². The van der Waals surface area contributed by atoms with Gasteiger partial charge in [0.1, 0.15) is 0 Å². The van der Waals surface area contributed by atoms with Gasteiger partial charge >= 0.3 is 4.87 Å². The normalized spacial score (nSPS) is 11.8. The fourth-order valence-corrected chi connectivity index (χ4v) is 3.78. The van der Waals surface area contributed by atoms with Crippen LogP contribution in [0.4, 0.5) is 0 Å². The molecule has 1 aromatic heterocycles. The summed E-state index contributed by atoms with van der Waals surface area (Å²) in [7, 11) is -3.74. The molecule has 0 aliphatic heterocycles. The van der Waals surface area contributed by atoms with E-state index in [0.717, 1.165) is 0 Å². The van der Waals surface area contributed by atoms with Crippen molar-refractivity contribution in [2.24, 2.45) is 0 Å². The SMILES string of the molecule is Cc1[nH]c(=O)sc1S(=O)(=O)NCCC(=O)NC(C)C. The fraction of sp³-hybridized carbons (Fsp3) is 0.600. The van der Waals surface area contributed by atoms with E-state index in [4.69, 9.17) is 0 Å². The molecule has 0 spiro atoms. The Morgan fingerprint density at radius 3 is 2.53 bits per heavy atom. The number of carbonyl (C=O) groups is 1. The monoisotopic (exact) mass is 307 g/mol. The third-order valence-corrected chi connectivity index (χ3v) is 5.18. The number of aromatic amines is 1. The molecule has 108 valence electrons. The molecule has 1 amide bonds. The number of carbonyl (C=O) groups excluding carboxylic acids is 1. The Hall–Kier alpha value is -1.19. The molecule has 9 heteroatoms. The molecule has 0 saturated heterocycles. The largest absolute Gasteiger partial charge is 0.354 e. The number of amides is 1. The topological polar surface area (TPSA) is 108 Å². The van der Waals surface area contributed by atoms with Crippen molar-refractivity contribution in [3.8, 4) is 0 Å². The average Bonchev–Trinajstić information content (AvgIpc) is 2.57. The number of hydrogen-bond acceptors (Lipinski definition) is 5. The van der Waals surface area contributed by atoms with Gasteiger partial charge in [0.2, 0.25) is 5.91 Å². The number of sulfonamides is 1. The van der Waals surface area contributed by atoms with Crippen molar-refractivity contribution in [3.63, 3.8) is 0 Å². The summed E-state index contributed by atoms with van der Waals surface area (Å²) < 4.78 is 26.0. The van der Waals surface area contributed by atoms with Crippen LogP contribution in [0.3, 0.4) is 0 Å². The summed E-state index contributed by atoms with van der Waals surface area (Å²) in [6, 6.07) is 0.0151. The lowest BCUT2D eigenvalue weighted by Gasteiger charge is -2.08. The molecule has 3 N–H and O–H groups in total. The zero-order valence-electron chi connectivity index (χ0n) is 10.9. The minimum absolute atomic E-state index is 0.00752. The lowest BCUT2D eigenvalue weighted by molar-refractivity contribution is -0.121. The molecule has 1 heterocycles. The highest BCUT2D eigenvalue weighted by molar-refractivity contribution is 7.91. The second kappa shape index (κ2) is 6.31. The number of H-pyrrole nitrogens is 1. The number of hydrogen-bond donors (Lipinski definition) is 3. The summed E-state index contributed by atoms with van der Waals surface area (Å²) in [6.45, 7) is 5.15. The summed E-state index contributed by atoms with van der Waals surface area (Å²) >= 11 is 0.629. The van der Waals surface area contributed by atoms with Gasteiger partial charge in [0.25, 0.3) is 10.0 Å². The number of aromatic nitrogens is 1. The van der Waals surface area contributed by atoms with E-state index in [2.05, 4.69) is 15.0 Å². The van der Waals surface area contributed by atoms with Gasteiger partial charge in [0, 0.05) is 24.7 Å². The number of aryl methyl sites for hydroxylation is 1. The minimum atomic E-state index is -3.74. The summed E-state index contributed by atoms with van der Waals surface area (Å²) in [5.74, 6) is -0.225. The predicted octanol–water partition coefficient (Wildman–Crippen LogP) is -0.0622. The van der Waals surface area contributed by atoms with E-state index in [9.17, 15) is 18.0 Å². The van der Waals surface area contributed by atoms with Gasteiger partial charge < -0.3 is 10.3 Å². The maximum Gasteiger partial charge on any atom is 0.305 e. The van der Waals surface area contributed by atoms with Crippen LogP contribution < -0.4 is 14.9 Å². The van der Waals surface area contributed by atoms with Crippen molar-refractivity contribution in [1.82, 2.24) is 15.0 Å². The maximum atomic E-state index is 11.9. The van der Waals surface area contributed by atoms with Crippen molar-refractivity contribution in [2.75, 3.05) is 6.54 Å². The van der Waals surface area contributed by atoms with Gasteiger partial charge in [-0.1, -0.05) is 11.3 Å². The summed E-state index contributed by atoms with van der Waals surface area (Å²) in [4.78, 5) is 24.4. The minimum Gasteiger partial charge on any atom is -0.354 e. The number of thiazole rings is 1. The molecule has 0 aromatic carbocycles. The molecular formula is C10H17N3O4S2. The fourth-order valence-electron chi connectivity index (χ4n) is 1.41. The molecule has 1 rings (SSSR count). The number of nitrogens with one attached hydrogen (secondary N) is 3. The van der Waals surface area contributed by atoms with Crippen LogP contribution in [0.15, 0.2) is 9.00 Å². The second-order valence-electron chi connectivity index (χ2n) is 4.30. The zero-order valence-corrected chi connectivity index (χ0v) is 12.6. The maximum absolute atomic E-state index is 11.9. The Balaban J connectivity index is 2.60. The van der Waals surface area contributed by atoms with E-state index in [-0.39, 0.29) is 29.1 Å². The molecule has 0 aliphatic rings. The van der Waals surface area contributed by atoms with Crippen LogP contribution in [0, 0.1) is 6.92 Å². The van der Waals surface area contributed by atoms with Gasteiger partial charge in [-0.2, -0.15) is 0 Å². The quantitative estimate of drug-likeness (QED) is 0.684. The third kappa shape index (κ3) is 4.77. The first kappa shape index (κ1) is 15.9. The highest BCUT2D eigenvalue weighted by Crippen LogP contribution is 2.15. The summed E-state index contributed by atoms with van der Waals surface area (Å²) in [5.41, 5.74) is 0.300. The van der Waals surface area contributed by atoms with E-state index in [1.165, 1.54) is 6.92 Å². The second-order valence-corrected chi connectivity index (χ2v) is 7.24. The van der Waals surface area contributed by atoms with E-state index >= 15 is 0 Å². The highest BCUT2D eigenvalue weighted by atomic mass is 32.2. The molecule has 0 aliphatic carbocycles. The molecule has 0 saturated carbocycles. The predicted molar refractivity (Wildman–Crippen MR) is 72.8 cm³/mol. The average molecular weight is 307 g/mol. The molecule has 0 bridgehead atoms. The van der Waals surface area contributed by atoms with Crippen LogP contribution >= 0.6 is 11.3 Å². The lowest BCUT2D eigenvalue weighted by atomic mass is 10.3. The van der Waals surface area contributed by atoms with Crippen LogP contribution in [-0.4, -0.2) is 31.9 Å². The van der Waals surface area contributed by atoms with Crippen LogP contribution in [0.2, 0.25) is 0 Å². The van der Waals surface area contributed by atoms with Crippen molar-refractivity contribution in [2.45, 2.75) is 37.4 Å². The van der Waals surface area contributed by atoms with Crippen molar-refractivity contribution < 1.29 is 13.2 Å².